The molecule has 3 nitrogen and oxygen atoms in total. The van der Waals surface area contributed by atoms with Gasteiger partial charge in [-0.2, -0.15) is 0 Å². The summed E-state index contributed by atoms with van der Waals surface area (Å²) in [7, 11) is 0. The Balaban J connectivity index is 0.00000408. The van der Waals surface area contributed by atoms with E-state index in [1.54, 1.807) is 12.1 Å². The molecule has 0 unspecified atom stereocenters. The lowest BCUT2D eigenvalue weighted by molar-refractivity contribution is -0.276. The molecule has 0 aliphatic rings. The molecule has 0 spiro atoms. The molecule has 3 rings (SSSR count). The van der Waals surface area contributed by atoms with Crippen molar-refractivity contribution in [2.45, 2.75) is 33.6 Å². The topological polar surface area (TPSA) is 35.5 Å². The number of ether oxygens (including phenoxy) is 2. The lowest BCUT2D eigenvalue weighted by Crippen LogP contribution is -2.19. The first kappa shape index (κ1) is 27.0. The van der Waals surface area contributed by atoms with E-state index in [1.807, 2.05) is 19.1 Å². The lowest BCUT2D eigenvalue weighted by atomic mass is 10.0. The van der Waals surface area contributed by atoms with E-state index in [0.717, 1.165) is 24.5 Å². The molecular formula is C24H19ClF6O3. The Labute approximate surface area is 196 Å². The average Bonchev–Trinajstić information content (AvgIpc) is 2.70. The van der Waals surface area contributed by atoms with Gasteiger partial charge in [-0.3, -0.25) is 0 Å². The van der Waals surface area contributed by atoms with Crippen LogP contribution in [0.1, 0.15) is 36.7 Å². The number of halogens is 7. The van der Waals surface area contributed by atoms with E-state index < -0.39 is 46.8 Å². The van der Waals surface area contributed by atoms with Crippen molar-refractivity contribution in [3.05, 3.63) is 82.1 Å². The van der Waals surface area contributed by atoms with Crippen LogP contribution < -0.4 is 9.47 Å². The smallest absolute Gasteiger partial charge is 0.423 e. The number of rotatable bonds is 6. The number of aryl methyl sites for hydroxylation is 1. The summed E-state index contributed by atoms with van der Waals surface area (Å²) in [5.41, 5.74) is 1.40. The van der Waals surface area contributed by atoms with Gasteiger partial charge in [-0.25, -0.2) is 18.0 Å². The predicted molar refractivity (Wildman–Crippen MR) is 116 cm³/mol. The molecule has 0 radical (unpaired) electrons. The van der Waals surface area contributed by atoms with Crippen molar-refractivity contribution in [3.63, 3.8) is 0 Å². The van der Waals surface area contributed by atoms with Crippen molar-refractivity contribution in [1.82, 2.24) is 0 Å². The molecule has 0 atom stereocenters. The largest absolute Gasteiger partial charge is 0.573 e. The second-order valence-corrected chi connectivity index (χ2v) is 7.32. The molecule has 3 aromatic carbocycles. The number of esters is 1. The summed E-state index contributed by atoms with van der Waals surface area (Å²) in [6.45, 7) is 2.04. The molecule has 0 saturated carbocycles. The van der Waals surface area contributed by atoms with Crippen LogP contribution in [-0.2, 0) is 6.42 Å². The monoisotopic (exact) mass is 504 g/mol. The van der Waals surface area contributed by atoms with Crippen LogP contribution in [0.3, 0.4) is 0 Å². The number of benzene rings is 3. The quantitative estimate of drug-likeness (QED) is 0.193. The minimum Gasteiger partial charge on any atom is -0.423 e. The molecule has 10 heteroatoms. The molecule has 34 heavy (non-hydrogen) atoms. The third-order valence-electron chi connectivity index (χ3n) is 4.47. The Morgan fingerprint density at radius 1 is 0.912 bits per heavy atom. The van der Waals surface area contributed by atoms with E-state index in [4.69, 9.17) is 16.3 Å². The second-order valence-electron chi connectivity index (χ2n) is 6.92. The summed E-state index contributed by atoms with van der Waals surface area (Å²) in [5, 5.41) is -0.328. The minimum atomic E-state index is -5.34. The van der Waals surface area contributed by atoms with Gasteiger partial charge in [0.1, 0.15) is 17.1 Å². The van der Waals surface area contributed by atoms with Crippen LogP contribution in [0.15, 0.2) is 48.5 Å². The Kier molecular flexibility index (Phi) is 8.61. The van der Waals surface area contributed by atoms with Crippen molar-refractivity contribution < 1.29 is 40.6 Å². The Hall–Kier alpha value is -3.20. The summed E-state index contributed by atoms with van der Waals surface area (Å²) in [6, 6.07) is 10.2. The first-order valence-corrected chi connectivity index (χ1v) is 9.91. The maximum Gasteiger partial charge on any atom is 0.573 e. The van der Waals surface area contributed by atoms with Crippen LogP contribution in [0.5, 0.6) is 11.5 Å². The molecule has 0 fully saturated rings. The predicted octanol–water partition coefficient (Wildman–Crippen LogP) is 8.13. The van der Waals surface area contributed by atoms with Gasteiger partial charge in [0.2, 0.25) is 5.75 Å². The SMILES string of the molecule is C.CCCc1ccc(-c2cc(F)c(C(=O)Oc3cc(F)c(OC(F)(F)F)c(F)c3)c(Cl)c2)cc1. The van der Waals surface area contributed by atoms with Gasteiger partial charge in [-0.1, -0.05) is 56.6 Å². The van der Waals surface area contributed by atoms with E-state index in [0.29, 0.717) is 23.3 Å². The molecule has 0 saturated heterocycles. The van der Waals surface area contributed by atoms with Gasteiger partial charge in [-0.05, 0) is 35.2 Å². The molecule has 0 aliphatic heterocycles. The zero-order chi connectivity index (χ0) is 24.3. The average molecular weight is 505 g/mol. The summed E-state index contributed by atoms with van der Waals surface area (Å²) in [6.07, 6.45) is -3.50. The van der Waals surface area contributed by atoms with E-state index in [2.05, 4.69) is 4.74 Å². The normalized spacial score (nSPS) is 11.1. The minimum absolute atomic E-state index is 0. The van der Waals surface area contributed by atoms with Gasteiger partial charge in [0, 0.05) is 12.1 Å². The van der Waals surface area contributed by atoms with Crippen LogP contribution in [0.2, 0.25) is 5.02 Å². The van der Waals surface area contributed by atoms with E-state index in [1.165, 1.54) is 6.07 Å². The highest BCUT2D eigenvalue weighted by Crippen LogP contribution is 2.33. The third kappa shape index (κ3) is 6.44. The number of hydrogen-bond donors (Lipinski definition) is 0. The van der Waals surface area contributed by atoms with Gasteiger partial charge in [-0.15, -0.1) is 13.2 Å². The standard InChI is InChI=1S/C23H15ClF6O3.CH4/c1-2-3-12-4-6-13(7-5-12)14-8-16(24)20(17(25)9-14)22(31)32-15-10-18(26)21(19(27)11-15)33-23(28,29)30;/h4-11H,2-3H2,1H3;1H4. The van der Waals surface area contributed by atoms with Crippen molar-refractivity contribution in [3.8, 4) is 22.6 Å². The third-order valence-corrected chi connectivity index (χ3v) is 4.77. The maximum absolute atomic E-state index is 14.7. The van der Waals surface area contributed by atoms with Crippen LogP contribution in [0.25, 0.3) is 11.1 Å². The van der Waals surface area contributed by atoms with E-state index in [-0.39, 0.29) is 12.4 Å². The first-order valence-electron chi connectivity index (χ1n) is 9.53. The Morgan fingerprint density at radius 3 is 2.00 bits per heavy atom. The fourth-order valence-corrected chi connectivity index (χ4v) is 3.34. The van der Waals surface area contributed by atoms with Crippen molar-refractivity contribution in [2.24, 2.45) is 0 Å². The molecule has 182 valence electrons. The number of alkyl halides is 3. The maximum atomic E-state index is 14.7. The van der Waals surface area contributed by atoms with Crippen molar-refractivity contribution in [2.75, 3.05) is 0 Å². The summed E-state index contributed by atoms with van der Waals surface area (Å²) < 4.78 is 87.0. The molecule has 0 N–H and O–H groups in total. The van der Waals surface area contributed by atoms with Crippen molar-refractivity contribution >= 4 is 17.6 Å². The lowest BCUT2D eigenvalue weighted by Gasteiger charge is -2.13. The van der Waals surface area contributed by atoms with Crippen LogP contribution in [0, 0.1) is 17.5 Å². The number of carbonyl (C=O) groups is 1. The molecule has 0 aromatic heterocycles. The van der Waals surface area contributed by atoms with Crippen LogP contribution in [-0.4, -0.2) is 12.3 Å². The summed E-state index contributed by atoms with van der Waals surface area (Å²) >= 11 is 6.05. The van der Waals surface area contributed by atoms with Crippen molar-refractivity contribution in [1.29, 1.82) is 0 Å². The van der Waals surface area contributed by atoms with Crippen LogP contribution in [0.4, 0.5) is 26.3 Å². The highest BCUT2D eigenvalue weighted by Gasteiger charge is 2.34. The summed E-state index contributed by atoms with van der Waals surface area (Å²) in [5.74, 6) is -8.53. The van der Waals surface area contributed by atoms with Gasteiger partial charge in [0.25, 0.3) is 0 Å². The molecule has 3 aromatic rings. The Bertz CT molecular complexity index is 1130. The van der Waals surface area contributed by atoms with E-state index >= 15 is 0 Å². The zero-order valence-electron chi connectivity index (χ0n) is 16.9. The molecular weight excluding hydrogens is 486 g/mol. The van der Waals surface area contributed by atoms with Gasteiger partial charge in [0.05, 0.1) is 5.02 Å². The highest BCUT2D eigenvalue weighted by molar-refractivity contribution is 6.34. The fourth-order valence-electron chi connectivity index (χ4n) is 3.05. The molecule has 0 heterocycles. The molecule has 0 amide bonds. The van der Waals surface area contributed by atoms with Gasteiger partial charge < -0.3 is 9.47 Å². The van der Waals surface area contributed by atoms with Crippen LogP contribution >= 0.6 is 11.6 Å². The Morgan fingerprint density at radius 2 is 1.50 bits per heavy atom. The number of hydrogen-bond acceptors (Lipinski definition) is 3. The molecule has 0 aliphatic carbocycles. The first-order chi connectivity index (χ1) is 15.5. The molecule has 0 bridgehead atoms. The fraction of sp³-hybridized carbons (Fsp3) is 0.208. The highest BCUT2D eigenvalue weighted by atomic mass is 35.5. The van der Waals surface area contributed by atoms with E-state index in [9.17, 15) is 31.1 Å². The van der Waals surface area contributed by atoms with Gasteiger partial charge in [0.15, 0.2) is 11.6 Å². The second kappa shape index (κ2) is 10.8. The van der Waals surface area contributed by atoms with Gasteiger partial charge >= 0.3 is 12.3 Å². The number of carbonyl (C=O) groups excluding carboxylic acids is 1. The summed E-state index contributed by atoms with van der Waals surface area (Å²) in [4.78, 5) is 12.4. The zero-order valence-corrected chi connectivity index (χ0v) is 17.7.